The lowest BCUT2D eigenvalue weighted by Crippen LogP contribution is -2.63. The van der Waals surface area contributed by atoms with Crippen molar-refractivity contribution in [3.63, 3.8) is 0 Å². The standard InChI is InChI=1S/C68H116N10O8S2/c1-61(2)39-51(40-62(3,4)75(61)83-47-29-21-17-22-30-47)79-55-69-56(80-52-41-63(5,6)76(64(7,8)42-52)84-48-31-23-18-24-32-48)72-59(71-55)87-37-38-88-60-73-57(81-53-43-65(9,10)77(66(11,12)44-53)85-49-33-25-19-26-34-49)70-58(74-60)82-54-45-67(13,14)78(68(15,16)46-54)86-50-35-27-20-28-36-50/h47-54H,17-46H2,1-16H3. The molecule has 0 bridgehead atoms. The molecule has 88 heavy (non-hydrogen) atoms. The van der Waals surface area contributed by atoms with Gasteiger partial charge in [-0.2, -0.15) is 40.2 Å². The fourth-order valence-corrected chi connectivity index (χ4v) is 18.9. The van der Waals surface area contributed by atoms with Gasteiger partial charge in [0, 0.05) is 107 Å². The maximum Gasteiger partial charge on any atom is 0.323 e. The molecule has 0 amide bonds. The molecular formula is C68H116N10O8S2. The molecule has 4 saturated carbocycles. The van der Waals surface area contributed by atoms with Crippen LogP contribution in [0.4, 0.5) is 0 Å². The molecule has 0 N–H and O–H groups in total. The summed E-state index contributed by atoms with van der Waals surface area (Å²) in [7, 11) is 0. The minimum Gasteiger partial charge on any atom is -0.460 e. The first kappa shape index (κ1) is 68.5. The summed E-state index contributed by atoms with van der Waals surface area (Å²) in [5.74, 6) is 1.28. The van der Waals surface area contributed by atoms with E-state index in [9.17, 15) is 0 Å². The molecule has 2 aromatic heterocycles. The van der Waals surface area contributed by atoms with Gasteiger partial charge in [0.15, 0.2) is 10.3 Å². The van der Waals surface area contributed by atoms with Crippen molar-refractivity contribution in [2.75, 3.05) is 11.5 Å². The van der Waals surface area contributed by atoms with Crippen molar-refractivity contribution in [3.05, 3.63) is 0 Å². The van der Waals surface area contributed by atoms with Crippen LogP contribution < -0.4 is 18.9 Å². The molecule has 0 unspecified atom stereocenters. The second-order valence-corrected chi connectivity index (χ2v) is 34.9. The van der Waals surface area contributed by atoms with Crippen LogP contribution in [0.5, 0.6) is 24.0 Å². The number of piperidine rings is 4. The molecule has 6 heterocycles. The van der Waals surface area contributed by atoms with Crippen molar-refractivity contribution in [3.8, 4) is 24.0 Å². The topological polar surface area (TPSA) is 164 Å². The zero-order chi connectivity index (χ0) is 62.9. The molecule has 10 rings (SSSR count). The van der Waals surface area contributed by atoms with Crippen molar-refractivity contribution in [1.29, 1.82) is 0 Å². The molecule has 2 aromatic rings. The zero-order valence-corrected chi connectivity index (χ0v) is 59.0. The molecule has 20 heteroatoms. The highest BCUT2D eigenvalue weighted by Crippen LogP contribution is 2.47. The van der Waals surface area contributed by atoms with Gasteiger partial charge in [0.1, 0.15) is 24.4 Å². The minimum atomic E-state index is -0.289. The second kappa shape index (κ2) is 27.9. The summed E-state index contributed by atoms with van der Waals surface area (Å²) in [6, 6.07) is 1.14. The average molecular weight is 1270 g/mol. The van der Waals surface area contributed by atoms with E-state index in [1.54, 1.807) is 23.5 Å². The number of hydroxylamine groups is 8. The summed E-state index contributed by atoms with van der Waals surface area (Å²) in [5.41, 5.74) is -2.31. The summed E-state index contributed by atoms with van der Waals surface area (Å²) in [5, 5.41) is 10.2. The van der Waals surface area contributed by atoms with E-state index in [2.05, 4.69) is 131 Å². The first-order valence-corrected chi connectivity index (χ1v) is 36.7. The molecule has 0 spiro atoms. The Balaban J connectivity index is 0.867. The quantitative estimate of drug-likeness (QED) is 0.0855. The Hall–Kier alpha value is -2.40. The summed E-state index contributed by atoms with van der Waals surface area (Å²) >= 11 is 3.11. The van der Waals surface area contributed by atoms with Crippen LogP contribution in [-0.2, 0) is 19.4 Å². The van der Waals surface area contributed by atoms with Gasteiger partial charge in [0.05, 0.1) is 24.4 Å². The van der Waals surface area contributed by atoms with Crippen LogP contribution in [0, 0.1) is 0 Å². The maximum absolute atomic E-state index is 6.93. The highest BCUT2D eigenvalue weighted by molar-refractivity contribution is 8.02. The van der Waals surface area contributed by atoms with Crippen molar-refractivity contribution in [2.24, 2.45) is 0 Å². The summed E-state index contributed by atoms with van der Waals surface area (Å²) < 4.78 is 27.7. The van der Waals surface area contributed by atoms with Crippen molar-refractivity contribution < 1.29 is 38.3 Å². The van der Waals surface area contributed by atoms with E-state index in [-0.39, 0.29) is 117 Å². The summed E-state index contributed by atoms with van der Waals surface area (Å²) in [6.45, 7) is 36.4. The monoisotopic (exact) mass is 1260 g/mol. The lowest BCUT2D eigenvalue weighted by Gasteiger charge is -2.54. The van der Waals surface area contributed by atoms with Gasteiger partial charge in [-0.3, -0.25) is 19.4 Å². The Morgan fingerprint density at radius 2 is 0.455 bits per heavy atom. The molecular weight excluding hydrogens is 1150 g/mol. The minimum absolute atomic E-state index is 0.159. The largest absolute Gasteiger partial charge is 0.460 e. The zero-order valence-electron chi connectivity index (χ0n) is 57.4. The van der Waals surface area contributed by atoms with Crippen LogP contribution in [0.2, 0.25) is 0 Å². The van der Waals surface area contributed by atoms with Crippen LogP contribution >= 0.6 is 23.5 Å². The molecule has 0 atom stereocenters. The van der Waals surface area contributed by atoms with Gasteiger partial charge < -0.3 is 18.9 Å². The summed E-state index contributed by atoms with van der Waals surface area (Å²) in [6.07, 6.45) is 30.2. The van der Waals surface area contributed by atoms with Gasteiger partial charge in [0.25, 0.3) is 0 Å². The van der Waals surface area contributed by atoms with Crippen molar-refractivity contribution in [1.82, 2.24) is 50.2 Å². The highest BCUT2D eigenvalue weighted by Gasteiger charge is 2.53. The molecule has 4 aliphatic heterocycles. The number of hydrogen-bond acceptors (Lipinski definition) is 20. The van der Waals surface area contributed by atoms with Crippen LogP contribution in [-0.4, -0.2) is 155 Å². The predicted octanol–water partition coefficient (Wildman–Crippen LogP) is 15.6. The van der Waals surface area contributed by atoms with Gasteiger partial charge in [-0.1, -0.05) is 101 Å². The molecule has 0 aromatic carbocycles. The Bertz CT molecular complexity index is 2180. The van der Waals surface area contributed by atoms with Gasteiger partial charge >= 0.3 is 24.0 Å². The van der Waals surface area contributed by atoms with E-state index in [0.29, 0.717) is 21.8 Å². The van der Waals surface area contributed by atoms with Gasteiger partial charge in [0.2, 0.25) is 0 Å². The van der Waals surface area contributed by atoms with Gasteiger partial charge in [-0.15, -0.1) is 9.97 Å². The lowest BCUT2D eigenvalue weighted by atomic mass is 9.80. The summed E-state index contributed by atoms with van der Waals surface area (Å²) in [4.78, 5) is 57.6. The number of thioether (sulfide) groups is 2. The number of rotatable bonds is 21. The van der Waals surface area contributed by atoms with Gasteiger partial charge in [-0.25, -0.2) is 0 Å². The normalized spacial score (nSPS) is 27.5. The van der Waals surface area contributed by atoms with Crippen molar-refractivity contribution >= 4 is 23.5 Å². The average Bonchev–Trinajstić information content (AvgIpc) is 1.29. The lowest BCUT2D eigenvalue weighted by molar-refractivity contribution is -0.316. The van der Waals surface area contributed by atoms with Crippen LogP contribution in [0.1, 0.15) is 291 Å². The Kier molecular flexibility index (Phi) is 21.7. The molecule has 4 saturated heterocycles. The van der Waals surface area contributed by atoms with E-state index in [1.807, 2.05) is 0 Å². The fraction of sp³-hybridized carbons (Fsp3) is 0.912. The maximum atomic E-state index is 6.93. The van der Waals surface area contributed by atoms with Gasteiger partial charge in [-0.05, 0) is 162 Å². The molecule has 18 nitrogen and oxygen atoms in total. The van der Waals surface area contributed by atoms with E-state index in [1.165, 1.54) is 77.0 Å². The Morgan fingerprint density at radius 1 is 0.273 bits per heavy atom. The molecule has 8 fully saturated rings. The van der Waals surface area contributed by atoms with E-state index >= 15 is 0 Å². The van der Waals surface area contributed by atoms with E-state index in [0.717, 1.165) is 103 Å². The molecule has 0 radical (unpaired) electrons. The van der Waals surface area contributed by atoms with Crippen LogP contribution in [0.25, 0.3) is 0 Å². The molecule has 8 aliphatic rings. The Labute approximate surface area is 538 Å². The number of nitrogens with zero attached hydrogens (tertiary/aromatic N) is 10. The van der Waals surface area contributed by atoms with E-state index < -0.39 is 0 Å². The smallest absolute Gasteiger partial charge is 0.323 e. The highest BCUT2D eigenvalue weighted by atomic mass is 32.2. The number of hydrogen-bond donors (Lipinski definition) is 0. The van der Waals surface area contributed by atoms with E-state index in [4.69, 9.17) is 68.2 Å². The third-order valence-corrected chi connectivity index (χ3v) is 22.2. The Morgan fingerprint density at radius 3 is 0.636 bits per heavy atom. The third kappa shape index (κ3) is 17.5. The first-order valence-electron chi connectivity index (χ1n) is 34.8. The third-order valence-electron chi connectivity index (χ3n) is 20.2. The van der Waals surface area contributed by atoms with Crippen molar-refractivity contribution in [2.45, 2.75) is 394 Å². The predicted molar refractivity (Wildman–Crippen MR) is 348 cm³/mol. The number of aromatic nitrogens is 6. The molecule has 4 aliphatic carbocycles. The first-order chi connectivity index (χ1) is 41.4. The molecule has 498 valence electrons. The second-order valence-electron chi connectivity index (χ2n) is 32.8. The SMILES string of the molecule is CC1(C)CC(Oc2nc(OC3CC(C)(C)N(OC4CCCCC4)C(C)(C)C3)nc(SCCSc3nc(OC4CC(C)(C)N(OC5CCCCC5)C(C)(C)C4)nc(OC4CC(C)(C)N(OC5CCCCC5)C(C)(C)C4)n3)n2)CC(C)(C)N1OC1CCCCC1. The fourth-order valence-electron chi connectivity index (χ4n) is 17.3. The van der Waals surface area contributed by atoms with Crippen LogP contribution in [0.15, 0.2) is 10.3 Å². The van der Waals surface area contributed by atoms with Crippen LogP contribution in [0.3, 0.4) is 0 Å². The number of ether oxygens (including phenoxy) is 4.